The fourth-order valence-corrected chi connectivity index (χ4v) is 5.84. The molecule has 0 aromatic carbocycles. The van der Waals surface area contributed by atoms with Crippen LogP contribution in [0, 0.1) is 23.7 Å². The zero-order valence-corrected chi connectivity index (χ0v) is 12.8. The number of nitrogens with two attached hydrogens (primary N) is 1. The molecule has 3 aliphatic rings. The SMILES string of the molecule is NCCCn1cc(S(=O)(=O)NC2C3C4CCC(C4)C23)cn1. The highest BCUT2D eigenvalue weighted by molar-refractivity contribution is 7.89. The lowest BCUT2D eigenvalue weighted by molar-refractivity contribution is 0.456. The summed E-state index contributed by atoms with van der Waals surface area (Å²) in [4.78, 5) is 0.275. The quantitative estimate of drug-likeness (QED) is 0.803. The molecule has 21 heavy (non-hydrogen) atoms. The van der Waals surface area contributed by atoms with Crippen molar-refractivity contribution in [1.29, 1.82) is 0 Å². The fraction of sp³-hybridized carbons (Fsp3) is 0.786. The van der Waals surface area contributed by atoms with Crippen LogP contribution in [-0.4, -0.2) is 30.8 Å². The summed E-state index contributed by atoms with van der Waals surface area (Å²) in [6, 6.07) is 0.175. The van der Waals surface area contributed by atoms with Gasteiger partial charge in [-0.2, -0.15) is 5.10 Å². The molecule has 3 N–H and O–H groups in total. The van der Waals surface area contributed by atoms with E-state index in [-0.39, 0.29) is 10.9 Å². The fourth-order valence-electron chi connectivity index (χ4n) is 4.59. The van der Waals surface area contributed by atoms with Gasteiger partial charge in [-0.05, 0) is 55.9 Å². The minimum absolute atomic E-state index is 0.175. The Bertz CT molecular complexity index is 625. The highest BCUT2D eigenvalue weighted by Gasteiger charge is 2.65. The maximum Gasteiger partial charge on any atom is 0.243 e. The molecule has 3 fully saturated rings. The van der Waals surface area contributed by atoms with Gasteiger partial charge in [-0.3, -0.25) is 4.68 Å². The average Bonchev–Trinajstić information content (AvgIpc) is 2.92. The van der Waals surface area contributed by atoms with Gasteiger partial charge in [0.05, 0.1) is 6.20 Å². The number of aryl methyl sites for hydroxylation is 1. The molecule has 0 radical (unpaired) electrons. The van der Waals surface area contributed by atoms with Crippen molar-refractivity contribution in [2.24, 2.45) is 29.4 Å². The summed E-state index contributed by atoms with van der Waals surface area (Å²) in [5.74, 6) is 2.73. The highest BCUT2D eigenvalue weighted by Crippen LogP contribution is 2.65. The van der Waals surface area contributed by atoms with E-state index in [0.717, 1.165) is 18.3 Å². The molecular formula is C14H22N4O2S. The number of nitrogens with one attached hydrogen (secondary N) is 1. The zero-order chi connectivity index (χ0) is 14.6. The Kier molecular flexibility index (Phi) is 3.13. The minimum atomic E-state index is -3.43. The Balaban J connectivity index is 1.44. The van der Waals surface area contributed by atoms with Gasteiger partial charge in [0, 0.05) is 18.8 Å². The lowest BCUT2D eigenvalue weighted by Crippen LogP contribution is -2.29. The van der Waals surface area contributed by atoms with Crippen molar-refractivity contribution < 1.29 is 8.42 Å². The first-order chi connectivity index (χ1) is 10.1. The lowest BCUT2D eigenvalue weighted by Gasteiger charge is -2.10. The number of nitrogens with zero attached hydrogens (tertiary/aromatic N) is 2. The molecule has 4 rings (SSSR count). The van der Waals surface area contributed by atoms with Gasteiger partial charge in [0.25, 0.3) is 0 Å². The number of hydrogen-bond acceptors (Lipinski definition) is 4. The van der Waals surface area contributed by atoms with Gasteiger partial charge in [-0.25, -0.2) is 13.1 Å². The van der Waals surface area contributed by atoms with Crippen molar-refractivity contribution in [1.82, 2.24) is 14.5 Å². The number of sulfonamides is 1. The Hall–Kier alpha value is -0.920. The third kappa shape index (κ3) is 2.22. The van der Waals surface area contributed by atoms with Crippen LogP contribution in [0.25, 0.3) is 0 Å². The average molecular weight is 310 g/mol. The monoisotopic (exact) mass is 310 g/mol. The molecule has 3 saturated carbocycles. The molecule has 1 aromatic heterocycles. The van der Waals surface area contributed by atoms with Crippen molar-refractivity contribution in [3.05, 3.63) is 12.4 Å². The smallest absolute Gasteiger partial charge is 0.243 e. The number of rotatable bonds is 6. The van der Waals surface area contributed by atoms with E-state index in [1.807, 2.05) is 0 Å². The maximum atomic E-state index is 12.4. The summed E-state index contributed by atoms with van der Waals surface area (Å²) >= 11 is 0. The Morgan fingerprint density at radius 3 is 2.71 bits per heavy atom. The highest BCUT2D eigenvalue weighted by atomic mass is 32.2. The van der Waals surface area contributed by atoms with E-state index in [1.165, 1.54) is 25.5 Å². The van der Waals surface area contributed by atoms with Gasteiger partial charge in [0.15, 0.2) is 0 Å². The first-order valence-corrected chi connectivity index (χ1v) is 9.33. The number of fused-ring (bicyclic) bond motifs is 5. The molecule has 0 spiro atoms. The van der Waals surface area contributed by atoms with Crippen LogP contribution in [-0.2, 0) is 16.6 Å². The molecule has 4 atom stereocenters. The third-order valence-electron chi connectivity index (χ3n) is 5.54. The summed E-state index contributed by atoms with van der Waals surface area (Å²) in [6.45, 7) is 1.24. The summed E-state index contributed by atoms with van der Waals surface area (Å²) in [7, 11) is -3.43. The predicted octanol–water partition coefficient (Wildman–Crippen LogP) is 0.555. The summed E-state index contributed by atoms with van der Waals surface area (Å²) in [5, 5.41) is 4.10. The second kappa shape index (κ2) is 4.79. The van der Waals surface area contributed by atoms with Crippen molar-refractivity contribution >= 4 is 10.0 Å². The third-order valence-corrected chi connectivity index (χ3v) is 6.95. The van der Waals surface area contributed by atoms with Crippen molar-refractivity contribution in [2.45, 2.75) is 43.2 Å². The van der Waals surface area contributed by atoms with E-state index >= 15 is 0 Å². The maximum absolute atomic E-state index is 12.4. The van der Waals surface area contributed by atoms with Crippen LogP contribution in [0.2, 0.25) is 0 Å². The van der Waals surface area contributed by atoms with Crippen LogP contribution < -0.4 is 10.5 Å². The Morgan fingerprint density at radius 2 is 2.05 bits per heavy atom. The van der Waals surface area contributed by atoms with Crippen LogP contribution in [0.4, 0.5) is 0 Å². The first kappa shape index (κ1) is 13.7. The van der Waals surface area contributed by atoms with E-state index < -0.39 is 10.0 Å². The van der Waals surface area contributed by atoms with Crippen molar-refractivity contribution in [3.8, 4) is 0 Å². The van der Waals surface area contributed by atoms with Gasteiger partial charge >= 0.3 is 0 Å². The van der Waals surface area contributed by atoms with Crippen molar-refractivity contribution in [2.75, 3.05) is 6.54 Å². The molecule has 4 unspecified atom stereocenters. The zero-order valence-electron chi connectivity index (χ0n) is 12.0. The van der Waals surface area contributed by atoms with E-state index in [9.17, 15) is 8.42 Å². The molecule has 0 aliphatic heterocycles. The van der Waals surface area contributed by atoms with E-state index in [1.54, 1.807) is 10.9 Å². The summed E-state index contributed by atoms with van der Waals surface area (Å²) in [6.07, 6.45) is 7.74. The molecular weight excluding hydrogens is 288 g/mol. The lowest BCUT2D eigenvalue weighted by atomic mass is 10.0. The van der Waals surface area contributed by atoms with Gasteiger partial charge in [0.1, 0.15) is 4.90 Å². The second-order valence-electron chi connectivity index (χ2n) is 6.72. The topological polar surface area (TPSA) is 90.0 Å². The van der Waals surface area contributed by atoms with Crippen LogP contribution in [0.15, 0.2) is 17.3 Å². The Morgan fingerprint density at radius 1 is 1.33 bits per heavy atom. The molecule has 0 saturated heterocycles. The molecule has 6 nitrogen and oxygen atoms in total. The van der Waals surface area contributed by atoms with Crippen LogP contribution >= 0.6 is 0 Å². The second-order valence-corrected chi connectivity index (χ2v) is 8.43. The largest absolute Gasteiger partial charge is 0.330 e. The normalized spacial score (nSPS) is 36.9. The van der Waals surface area contributed by atoms with E-state index in [2.05, 4.69) is 9.82 Å². The molecule has 1 aromatic rings. The number of aromatic nitrogens is 2. The van der Waals surface area contributed by atoms with Crippen LogP contribution in [0.1, 0.15) is 25.7 Å². The minimum Gasteiger partial charge on any atom is -0.330 e. The standard InChI is InChI=1S/C14H22N4O2S/c15-4-1-5-18-8-11(7-16-18)21(19,20)17-14-12-9-2-3-10(6-9)13(12)14/h7-10,12-14,17H,1-6,15H2. The Labute approximate surface area is 125 Å². The molecule has 0 amide bonds. The van der Waals surface area contributed by atoms with Crippen molar-refractivity contribution in [3.63, 3.8) is 0 Å². The molecule has 3 aliphatic carbocycles. The van der Waals surface area contributed by atoms with Gasteiger partial charge in [-0.1, -0.05) is 0 Å². The molecule has 7 heteroatoms. The van der Waals surface area contributed by atoms with Crippen LogP contribution in [0.5, 0.6) is 0 Å². The molecule has 2 bridgehead atoms. The summed E-state index contributed by atoms with van der Waals surface area (Å²) in [5.41, 5.74) is 5.46. The summed E-state index contributed by atoms with van der Waals surface area (Å²) < 4.78 is 29.5. The predicted molar refractivity (Wildman–Crippen MR) is 77.8 cm³/mol. The van der Waals surface area contributed by atoms with Gasteiger partial charge < -0.3 is 5.73 Å². The van der Waals surface area contributed by atoms with E-state index in [0.29, 0.717) is 24.9 Å². The van der Waals surface area contributed by atoms with E-state index in [4.69, 9.17) is 5.73 Å². The van der Waals surface area contributed by atoms with Crippen LogP contribution in [0.3, 0.4) is 0 Å². The molecule has 116 valence electrons. The number of hydrogen-bond donors (Lipinski definition) is 2. The van der Waals surface area contributed by atoms with Gasteiger partial charge in [-0.15, -0.1) is 0 Å². The first-order valence-electron chi connectivity index (χ1n) is 7.85. The molecule has 1 heterocycles. The van der Waals surface area contributed by atoms with Gasteiger partial charge in [0.2, 0.25) is 10.0 Å².